The quantitative estimate of drug-likeness (QED) is 0.528. The fourth-order valence-corrected chi connectivity index (χ4v) is 5.35. The van der Waals surface area contributed by atoms with Gasteiger partial charge in [-0.25, -0.2) is 0 Å². The van der Waals surface area contributed by atoms with Crippen molar-refractivity contribution in [2.75, 3.05) is 35.7 Å². The summed E-state index contributed by atoms with van der Waals surface area (Å²) in [6.45, 7) is 2.15. The topological polar surface area (TPSA) is 98.7 Å². The Morgan fingerprint density at radius 3 is 2.69 bits per heavy atom. The number of nitrogens with zero attached hydrogens (tertiary/aromatic N) is 2. The van der Waals surface area contributed by atoms with Crippen LogP contribution in [0.1, 0.15) is 28.4 Å². The van der Waals surface area contributed by atoms with Gasteiger partial charge in [0, 0.05) is 49.1 Å². The fourth-order valence-electron chi connectivity index (χ4n) is 5.12. The Morgan fingerprint density at radius 2 is 1.89 bits per heavy atom. The van der Waals surface area contributed by atoms with Crippen LogP contribution in [0, 0.1) is 5.92 Å². The van der Waals surface area contributed by atoms with Crippen molar-refractivity contribution in [3.05, 3.63) is 82.3 Å². The average Bonchev–Trinajstić information content (AvgIpc) is 2.84. The summed E-state index contributed by atoms with van der Waals surface area (Å²) >= 11 is 5.53. The number of nitrogens with one attached hydrogen (secondary N) is 2. The minimum Gasteiger partial charge on any atom is -0.545 e. The van der Waals surface area contributed by atoms with Crippen molar-refractivity contribution in [2.45, 2.75) is 18.9 Å². The third-order valence-electron chi connectivity index (χ3n) is 6.63. The van der Waals surface area contributed by atoms with Gasteiger partial charge < -0.3 is 34.7 Å². The van der Waals surface area contributed by atoms with Gasteiger partial charge in [0.2, 0.25) is 0 Å². The molecule has 8 nitrogen and oxygen atoms in total. The number of methoxy groups -OCH3 is 1. The summed E-state index contributed by atoms with van der Waals surface area (Å²) in [7, 11) is 1.59. The molecule has 1 saturated heterocycles. The number of hydrogen-bond donors (Lipinski definition) is 2. The van der Waals surface area contributed by atoms with Crippen molar-refractivity contribution in [3.8, 4) is 5.75 Å². The van der Waals surface area contributed by atoms with E-state index in [4.69, 9.17) is 17.0 Å². The molecule has 3 aromatic rings. The number of rotatable bonds is 5. The molecule has 2 aromatic carbocycles. The second kappa shape index (κ2) is 9.42. The van der Waals surface area contributed by atoms with E-state index in [-0.39, 0.29) is 17.0 Å². The molecule has 2 atom stereocenters. The summed E-state index contributed by atoms with van der Waals surface area (Å²) in [4.78, 5) is 26.2. The van der Waals surface area contributed by atoms with Crippen LogP contribution in [0.3, 0.4) is 0 Å². The molecular formula is C26H25N4O4S-. The van der Waals surface area contributed by atoms with Crippen LogP contribution in [0.25, 0.3) is 0 Å². The van der Waals surface area contributed by atoms with Gasteiger partial charge in [-0.05, 0) is 60.5 Å². The molecule has 2 unspecified atom stereocenters. The van der Waals surface area contributed by atoms with E-state index in [0.717, 1.165) is 36.6 Å². The van der Waals surface area contributed by atoms with E-state index in [9.17, 15) is 14.7 Å². The molecule has 1 fully saturated rings. The van der Waals surface area contributed by atoms with Crippen molar-refractivity contribution < 1.29 is 14.6 Å². The molecule has 2 N–H and O–H groups in total. The Labute approximate surface area is 208 Å². The SMILES string of the molecule is COc1cccc(NC(=S)Nc2cc(C(=O)[O-])ccc2N2CC3CC(C2)c2cccc(=O)n2C3)c1. The zero-order chi connectivity index (χ0) is 24.5. The van der Waals surface area contributed by atoms with Crippen molar-refractivity contribution in [2.24, 2.45) is 5.92 Å². The number of hydrogen-bond acceptors (Lipinski definition) is 6. The molecule has 3 heterocycles. The molecule has 0 amide bonds. The van der Waals surface area contributed by atoms with E-state index >= 15 is 0 Å². The molecule has 2 bridgehead atoms. The van der Waals surface area contributed by atoms with Gasteiger partial charge in [0.15, 0.2) is 5.11 Å². The predicted octanol–water partition coefficient (Wildman–Crippen LogP) is 2.65. The van der Waals surface area contributed by atoms with Crippen molar-refractivity contribution in [3.63, 3.8) is 0 Å². The molecule has 0 radical (unpaired) electrons. The average molecular weight is 490 g/mol. The first kappa shape index (κ1) is 22.9. The second-order valence-corrected chi connectivity index (χ2v) is 9.34. The zero-order valence-electron chi connectivity index (χ0n) is 19.2. The molecule has 2 aliphatic rings. The number of carboxylic acid groups (broad SMARTS) is 1. The van der Waals surface area contributed by atoms with Crippen molar-refractivity contribution in [1.29, 1.82) is 0 Å². The first-order chi connectivity index (χ1) is 16.9. The summed E-state index contributed by atoms with van der Waals surface area (Å²) in [6, 6.07) is 17.7. The van der Waals surface area contributed by atoms with Crippen LogP contribution in [0.2, 0.25) is 0 Å². The van der Waals surface area contributed by atoms with E-state index in [0.29, 0.717) is 29.0 Å². The smallest absolute Gasteiger partial charge is 0.250 e. The normalized spacial score (nSPS) is 18.4. The van der Waals surface area contributed by atoms with E-state index in [1.54, 1.807) is 31.4 Å². The van der Waals surface area contributed by atoms with Crippen molar-refractivity contribution in [1.82, 2.24) is 4.57 Å². The van der Waals surface area contributed by atoms with Gasteiger partial charge >= 0.3 is 0 Å². The first-order valence-electron chi connectivity index (χ1n) is 11.4. The maximum atomic E-state index is 12.4. The summed E-state index contributed by atoms with van der Waals surface area (Å²) < 4.78 is 7.15. The molecule has 5 rings (SSSR count). The molecule has 1 aromatic heterocycles. The summed E-state index contributed by atoms with van der Waals surface area (Å²) in [5, 5.41) is 18.2. The van der Waals surface area contributed by atoms with Gasteiger partial charge in [-0.15, -0.1) is 0 Å². The van der Waals surface area contributed by atoms with Gasteiger partial charge in [-0.2, -0.15) is 0 Å². The first-order valence-corrected chi connectivity index (χ1v) is 11.8. The molecule has 0 saturated carbocycles. The van der Waals surface area contributed by atoms with Crippen LogP contribution < -0.4 is 30.9 Å². The molecule has 35 heavy (non-hydrogen) atoms. The van der Waals surface area contributed by atoms with Crippen LogP contribution in [-0.2, 0) is 6.54 Å². The highest BCUT2D eigenvalue weighted by Crippen LogP contribution is 2.39. The Hall–Kier alpha value is -3.85. The highest BCUT2D eigenvalue weighted by Gasteiger charge is 2.35. The number of piperidine rings is 1. The number of carbonyl (C=O) groups is 1. The van der Waals surface area contributed by atoms with Gasteiger partial charge in [0.25, 0.3) is 5.56 Å². The Kier molecular flexibility index (Phi) is 6.17. The molecule has 9 heteroatoms. The van der Waals surface area contributed by atoms with Gasteiger partial charge in [-0.3, -0.25) is 4.79 Å². The minimum atomic E-state index is -1.25. The number of anilines is 3. The van der Waals surface area contributed by atoms with Gasteiger partial charge in [0.1, 0.15) is 5.75 Å². The highest BCUT2D eigenvalue weighted by molar-refractivity contribution is 7.80. The lowest BCUT2D eigenvalue weighted by molar-refractivity contribution is -0.255. The third-order valence-corrected chi connectivity index (χ3v) is 6.83. The van der Waals surface area contributed by atoms with Crippen LogP contribution >= 0.6 is 12.2 Å². The molecule has 180 valence electrons. The number of carbonyl (C=O) groups excluding carboxylic acids is 1. The predicted molar refractivity (Wildman–Crippen MR) is 137 cm³/mol. The molecule has 0 aliphatic carbocycles. The monoisotopic (exact) mass is 489 g/mol. The number of aromatic nitrogens is 1. The van der Waals surface area contributed by atoms with Crippen LogP contribution in [0.5, 0.6) is 5.75 Å². The number of pyridine rings is 1. The summed E-state index contributed by atoms with van der Waals surface area (Å²) in [5.41, 5.74) is 3.34. The van der Waals surface area contributed by atoms with Gasteiger partial charge in [0.05, 0.1) is 24.5 Å². The maximum Gasteiger partial charge on any atom is 0.250 e. The lowest BCUT2D eigenvalue weighted by Crippen LogP contribution is -2.47. The number of ether oxygens (including phenoxy) is 1. The minimum absolute atomic E-state index is 0.0419. The Morgan fingerprint density at radius 1 is 1.06 bits per heavy atom. The number of carboxylic acids is 1. The maximum absolute atomic E-state index is 12.4. The number of thiocarbonyl (C=S) groups is 1. The van der Waals surface area contributed by atoms with Gasteiger partial charge in [-0.1, -0.05) is 18.2 Å². The van der Waals surface area contributed by atoms with E-state index in [2.05, 4.69) is 15.5 Å². The van der Waals surface area contributed by atoms with Crippen LogP contribution in [0.15, 0.2) is 65.5 Å². The number of benzene rings is 2. The van der Waals surface area contributed by atoms with Crippen molar-refractivity contribution >= 4 is 40.4 Å². The Balaban J connectivity index is 1.42. The number of aromatic carboxylic acids is 1. The van der Waals surface area contributed by atoms with E-state index < -0.39 is 5.97 Å². The number of fused-ring (bicyclic) bond motifs is 4. The highest BCUT2D eigenvalue weighted by atomic mass is 32.1. The lowest BCUT2D eigenvalue weighted by Gasteiger charge is -2.44. The lowest BCUT2D eigenvalue weighted by atomic mass is 9.83. The summed E-state index contributed by atoms with van der Waals surface area (Å²) in [6.07, 6.45) is 1.02. The third kappa shape index (κ3) is 4.72. The zero-order valence-corrected chi connectivity index (χ0v) is 20.0. The summed E-state index contributed by atoms with van der Waals surface area (Å²) in [5.74, 6) is -0.0319. The van der Waals surface area contributed by atoms with Crippen LogP contribution in [0.4, 0.5) is 17.1 Å². The molecule has 0 spiro atoms. The second-order valence-electron chi connectivity index (χ2n) is 8.93. The fraction of sp³-hybridized carbons (Fsp3) is 0.269. The van der Waals surface area contributed by atoms with E-state index in [1.807, 2.05) is 41.0 Å². The molecule has 2 aliphatic heterocycles. The standard InChI is InChI=1S/C26H26N4O4S/c1-34-20-5-2-4-19(12-20)27-26(35)28-21-11-17(25(32)33)8-9-23(21)29-13-16-10-18(15-29)22-6-3-7-24(31)30(22)14-16/h2-9,11-12,16,18H,10,13-15H2,1H3,(H,32,33)(H2,27,28,35)/p-1. The van der Waals surface area contributed by atoms with E-state index in [1.165, 1.54) is 0 Å². The van der Waals surface area contributed by atoms with Crippen LogP contribution in [-0.4, -0.2) is 35.8 Å². The largest absolute Gasteiger partial charge is 0.545 e. The molecular weight excluding hydrogens is 464 g/mol. The Bertz CT molecular complexity index is 1360.